The van der Waals surface area contributed by atoms with Gasteiger partial charge in [-0.3, -0.25) is 9.69 Å². The molecule has 0 spiro atoms. The molecule has 1 atom stereocenters. The fourth-order valence-corrected chi connectivity index (χ4v) is 3.85. The van der Waals surface area contributed by atoms with E-state index in [2.05, 4.69) is 10.2 Å². The molecule has 0 saturated carbocycles. The number of amides is 1. The van der Waals surface area contributed by atoms with Crippen LogP contribution in [0, 0.1) is 5.92 Å². The van der Waals surface area contributed by atoms with Gasteiger partial charge in [-0.05, 0) is 54.8 Å². The number of halogens is 3. The molecular formula is C20H21Cl3N2O. The predicted molar refractivity (Wildman–Crippen MR) is 108 cm³/mol. The first-order chi connectivity index (χ1) is 12.5. The molecule has 26 heavy (non-hydrogen) atoms. The average Bonchev–Trinajstić information content (AvgIpc) is 2.63. The number of hydrogen-bond donors (Lipinski definition) is 1. The highest BCUT2D eigenvalue weighted by Gasteiger charge is 2.25. The molecule has 1 heterocycles. The van der Waals surface area contributed by atoms with Crippen molar-refractivity contribution in [2.45, 2.75) is 25.9 Å². The molecule has 1 saturated heterocycles. The van der Waals surface area contributed by atoms with E-state index in [0.29, 0.717) is 16.6 Å². The highest BCUT2D eigenvalue weighted by Crippen LogP contribution is 2.22. The number of nitrogens with zero attached hydrogens (tertiary/aromatic N) is 1. The fraction of sp³-hybridized carbons (Fsp3) is 0.350. The average molecular weight is 412 g/mol. The van der Waals surface area contributed by atoms with E-state index in [0.717, 1.165) is 43.1 Å². The van der Waals surface area contributed by atoms with Crippen molar-refractivity contribution in [1.82, 2.24) is 10.2 Å². The predicted octanol–water partition coefficient (Wildman–Crippen LogP) is 5.18. The van der Waals surface area contributed by atoms with E-state index >= 15 is 0 Å². The van der Waals surface area contributed by atoms with E-state index in [1.54, 1.807) is 12.1 Å². The first-order valence-electron chi connectivity index (χ1n) is 8.69. The summed E-state index contributed by atoms with van der Waals surface area (Å²) < 4.78 is 0. The minimum atomic E-state index is 0.00197. The second-order valence-corrected chi connectivity index (χ2v) is 7.93. The van der Waals surface area contributed by atoms with Gasteiger partial charge in [0.05, 0.1) is 5.92 Å². The molecule has 3 nitrogen and oxygen atoms in total. The lowest BCUT2D eigenvalue weighted by Gasteiger charge is -2.32. The molecule has 0 aromatic heterocycles. The second kappa shape index (κ2) is 9.09. The molecule has 2 aromatic rings. The molecule has 0 aliphatic carbocycles. The maximum Gasteiger partial charge on any atom is 0.224 e. The minimum Gasteiger partial charge on any atom is -0.352 e. The molecule has 1 unspecified atom stereocenters. The summed E-state index contributed by atoms with van der Waals surface area (Å²) in [5.41, 5.74) is 2.08. The molecule has 1 fully saturated rings. The van der Waals surface area contributed by atoms with Crippen molar-refractivity contribution >= 4 is 40.7 Å². The van der Waals surface area contributed by atoms with Crippen molar-refractivity contribution in [2.24, 2.45) is 5.92 Å². The summed E-state index contributed by atoms with van der Waals surface area (Å²) in [6.45, 7) is 3.03. The number of carbonyl (C=O) groups is 1. The largest absolute Gasteiger partial charge is 0.352 e. The lowest BCUT2D eigenvalue weighted by Crippen LogP contribution is -2.42. The van der Waals surface area contributed by atoms with Crippen LogP contribution in [0.2, 0.25) is 15.1 Å². The fourth-order valence-electron chi connectivity index (χ4n) is 3.25. The maximum atomic E-state index is 12.6. The summed E-state index contributed by atoms with van der Waals surface area (Å²) in [5.74, 6) is 0.0824. The van der Waals surface area contributed by atoms with E-state index in [-0.39, 0.29) is 11.8 Å². The summed E-state index contributed by atoms with van der Waals surface area (Å²) in [4.78, 5) is 14.9. The molecule has 6 heteroatoms. The van der Waals surface area contributed by atoms with Gasteiger partial charge in [-0.2, -0.15) is 0 Å². The lowest BCUT2D eigenvalue weighted by atomic mass is 9.96. The smallest absolute Gasteiger partial charge is 0.224 e. The zero-order valence-corrected chi connectivity index (χ0v) is 16.6. The van der Waals surface area contributed by atoms with Gasteiger partial charge in [0.25, 0.3) is 0 Å². The van der Waals surface area contributed by atoms with E-state index in [1.807, 2.05) is 30.3 Å². The Balaban J connectivity index is 1.53. The lowest BCUT2D eigenvalue weighted by molar-refractivity contribution is -0.126. The molecule has 1 aliphatic heterocycles. The Kier molecular flexibility index (Phi) is 6.82. The Bertz CT molecular complexity index is 764. The van der Waals surface area contributed by atoms with Gasteiger partial charge in [-0.25, -0.2) is 0 Å². The van der Waals surface area contributed by atoms with E-state index in [9.17, 15) is 4.79 Å². The monoisotopic (exact) mass is 410 g/mol. The van der Waals surface area contributed by atoms with Crippen LogP contribution >= 0.6 is 34.8 Å². The van der Waals surface area contributed by atoms with Crippen molar-refractivity contribution in [3.63, 3.8) is 0 Å². The van der Waals surface area contributed by atoms with Crippen LogP contribution in [0.4, 0.5) is 0 Å². The number of likely N-dealkylation sites (tertiary alicyclic amines) is 1. The third-order valence-corrected chi connectivity index (χ3v) is 5.50. The zero-order valence-electron chi connectivity index (χ0n) is 14.4. The number of piperidine rings is 1. The topological polar surface area (TPSA) is 32.3 Å². The molecule has 2 aromatic carbocycles. The van der Waals surface area contributed by atoms with Gasteiger partial charge in [0, 0.05) is 34.7 Å². The third-order valence-electron chi connectivity index (χ3n) is 4.66. The normalized spacial score (nSPS) is 17.9. The summed E-state index contributed by atoms with van der Waals surface area (Å²) in [6, 6.07) is 13.2. The van der Waals surface area contributed by atoms with E-state index in [4.69, 9.17) is 34.8 Å². The number of carbonyl (C=O) groups excluding carboxylic acids is 1. The molecule has 3 rings (SSSR count). The van der Waals surface area contributed by atoms with Gasteiger partial charge in [-0.15, -0.1) is 0 Å². The van der Waals surface area contributed by atoms with Gasteiger partial charge in [0.15, 0.2) is 0 Å². The number of rotatable bonds is 5. The number of hydrogen-bond acceptors (Lipinski definition) is 2. The number of benzene rings is 2. The first kappa shape index (κ1) is 19.5. The van der Waals surface area contributed by atoms with Crippen LogP contribution in [0.1, 0.15) is 24.0 Å². The Labute approximate surface area is 169 Å². The summed E-state index contributed by atoms with van der Waals surface area (Å²) in [7, 11) is 0. The standard InChI is InChI=1S/C20H21Cl3N2O/c21-17-6-3-14(4-7-17)12-25-9-1-2-16(13-25)20(26)24-11-15-5-8-18(22)10-19(15)23/h3-8,10,16H,1-2,9,11-13H2,(H,24,26). The molecular weight excluding hydrogens is 391 g/mol. The van der Waals surface area contributed by atoms with Crippen molar-refractivity contribution in [1.29, 1.82) is 0 Å². The molecule has 1 aliphatic rings. The quantitative estimate of drug-likeness (QED) is 0.735. The van der Waals surface area contributed by atoms with Crippen molar-refractivity contribution in [3.8, 4) is 0 Å². The molecule has 1 amide bonds. The molecule has 1 N–H and O–H groups in total. The van der Waals surface area contributed by atoms with Crippen LogP contribution in [0.15, 0.2) is 42.5 Å². The van der Waals surface area contributed by atoms with E-state index in [1.165, 1.54) is 5.56 Å². The highest BCUT2D eigenvalue weighted by molar-refractivity contribution is 6.35. The summed E-state index contributed by atoms with van der Waals surface area (Å²) in [6.07, 6.45) is 1.94. The first-order valence-corrected chi connectivity index (χ1v) is 9.83. The molecule has 138 valence electrons. The third kappa shape index (κ3) is 5.37. The Morgan fingerprint density at radius 2 is 1.81 bits per heavy atom. The van der Waals surface area contributed by atoms with Crippen LogP contribution in [0.5, 0.6) is 0 Å². The van der Waals surface area contributed by atoms with Crippen LogP contribution in [-0.4, -0.2) is 23.9 Å². The Hall–Kier alpha value is -1.26. The van der Waals surface area contributed by atoms with Crippen molar-refractivity contribution in [3.05, 3.63) is 68.7 Å². The number of nitrogens with one attached hydrogen (secondary N) is 1. The molecule has 0 bridgehead atoms. The van der Waals surface area contributed by atoms with Crippen molar-refractivity contribution < 1.29 is 4.79 Å². The van der Waals surface area contributed by atoms with Crippen LogP contribution in [0.3, 0.4) is 0 Å². The van der Waals surface area contributed by atoms with Gasteiger partial charge >= 0.3 is 0 Å². The van der Waals surface area contributed by atoms with Crippen molar-refractivity contribution in [2.75, 3.05) is 13.1 Å². The van der Waals surface area contributed by atoms with E-state index < -0.39 is 0 Å². The van der Waals surface area contributed by atoms with Gasteiger partial charge in [0.2, 0.25) is 5.91 Å². The second-order valence-electron chi connectivity index (χ2n) is 6.65. The summed E-state index contributed by atoms with van der Waals surface area (Å²) in [5, 5.41) is 4.92. The van der Waals surface area contributed by atoms with Gasteiger partial charge < -0.3 is 5.32 Å². The van der Waals surface area contributed by atoms with Gasteiger partial charge in [0.1, 0.15) is 0 Å². The van der Waals surface area contributed by atoms with Crippen LogP contribution in [0.25, 0.3) is 0 Å². The van der Waals surface area contributed by atoms with Crippen LogP contribution < -0.4 is 5.32 Å². The highest BCUT2D eigenvalue weighted by atomic mass is 35.5. The Morgan fingerprint density at radius 1 is 1.08 bits per heavy atom. The SMILES string of the molecule is O=C(NCc1ccc(Cl)cc1Cl)C1CCCN(Cc2ccc(Cl)cc2)C1. The molecule has 0 radical (unpaired) electrons. The minimum absolute atomic E-state index is 0.00197. The van der Waals surface area contributed by atoms with Gasteiger partial charge in [-0.1, -0.05) is 53.0 Å². The Morgan fingerprint density at radius 3 is 2.54 bits per heavy atom. The maximum absolute atomic E-state index is 12.6. The zero-order chi connectivity index (χ0) is 18.5. The van der Waals surface area contributed by atoms with Crippen LogP contribution in [-0.2, 0) is 17.9 Å². The summed E-state index contributed by atoms with van der Waals surface area (Å²) >= 11 is 18.0.